The molecule has 0 saturated carbocycles. The fourth-order valence-electron chi connectivity index (χ4n) is 2.46. The Labute approximate surface area is 167 Å². The second-order valence-corrected chi connectivity index (χ2v) is 7.75. The highest BCUT2D eigenvalue weighted by atomic mass is 32.2. The maximum Gasteiger partial charge on any atom is 0.313 e. The lowest BCUT2D eigenvalue weighted by Crippen LogP contribution is -2.00. The van der Waals surface area contributed by atoms with Crippen LogP contribution in [0, 0.1) is 0 Å². The molecule has 1 heterocycles. The van der Waals surface area contributed by atoms with E-state index in [1.54, 1.807) is 18.4 Å². The average Bonchev–Trinajstić information content (AvgIpc) is 3.15. The van der Waals surface area contributed by atoms with Gasteiger partial charge in [-0.3, -0.25) is 20.6 Å². The van der Waals surface area contributed by atoms with Crippen LogP contribution in [0.2, 0.25) is 0 Å². The number of thioether (sulfide) groups is 1. The number of aliphatic carboxylic acids is 1. The van der Waals surface area contributed by atoms with E-state index in [0.717, 1.165) is 28.6 Å². The number of hydrogen-bond acceptors (Lipinski definition) is 7. The van der Waals surface area contributed by atoms with E-state index < -0.39 is 17.0 Å². The summed E-state index contributed by atoms with van der Waals surface area (Å²) in [5, 5.41) is 25.2. The lowest BCUT2D eigenvalue weighted by atomic mass is 10.0. The molecule has 0 aliphatic heterocycles. The maximum absolute atomic E-state index is 11.3. The quantitative estimate of drug-likeness (QED) is 0.277. The Morgan fingerprint density at radius 2 is 1.86 bits per heavy atom. The molecule has 3 rings (SSSR count). The summed E-state index contributed by atoms with van der Waals surface area (Å²) in [4.78, 5) is 15.0. The SMILES string of the molecule is CS(=O)Nc1ccc(-c2cc(NO)cc(-c3nc(SCC(=O)O)n[nH]3)c2)cc1. The number of rotatable bonds is 8. The third-order valence-electron chi connectivity index (χ3n) is 3.60. The number of H-pyrrole nitrogens is 1. The summed E-state index contributed by atoms with van der Waals surface area (Å²) in [6.45, 7) is 0. The van der Waals surface area contributed by atoms with Crippen molar-refractivity contribution in [1.29, 1.82) is 0 Å². The van der Waals surface area contributed by atoms with E-state index in [1.165, 1.54) is 0 Å². The van der Waals surface area contributed by atoms with Gasteiger partial charge < -0.3 is 9.83 Å². The monoisotopic (exact) mass is 419 g/mol. The Balaban J connectivity index is 1.90. The summed E-state index contributed by atoms with van der Waals surface area (Å²) in [5.74, 6) is -0.634. The lowest BCUT2D eigenvalue weighted by molar-refractivity contribution is -0.133. The molecule has 0 aliphatic rings. The summed E-state index contributed by atoms with van der Waals surface area (Å²) < 4.78 is 14.1. The molecule has 9 nitrogen and oxygen atoms in total. The lowest BCUT2D eigenvalue weighted by Gasteiger charge is -2.09. The summed E-state index contributed by atoms with van der Waals surface area (Å²) >= 11 is 1.01. The minimum Gasteiger partial charge on any atom is -0.481 e. The van der Waals surface area contributed by atoms with Crippen LogP contribution in [0.1, 0.15) is 0 Å². The molecule has 5 N–H and O–H groups in total. The second kappa shape index (κ2) is 8.87. The van der Waals surface area contributed by atoms with Crippen molar-refractivity contribution in [3.63, 3.8) is 0 Å². The van der Waals surface area contributed by atoms with Crippen molar-refractivity contribution in [3.8, 4) is 22.5 Å². The zero-order valence-electron chi connectivity index (χ0n) is 14.7. The van der Waals surface area contributed by atoms with E-state index in [2.05, 4.69) is 25.4 Å². The number of benzene rings is 2. The van der Waals surface area contributed by atoms with E-state index in [-0.39, 0.29) is 5.75 Å². The van der Waals surface area contributed by atoms with Crippen LogP contribution >= 0.6 is 11.8 Å². The molecule has 11 heteroatoms. The Hall–Kier alpha value is -2.89. The third kappa shape index (κ3) is 5.09. The van der Waals surface area contributed by atoms with Crippen molar-refractivity contribution in [2.24, 2.45) is 0 Å². The van der Waals surface area contributed by atoms with Crippen molar-refractivity contribution in [1.82, 2.24) is 15.2 Å². The van der Waals surface area contributed by atoms with Crippen LogP contribution in [0.15, 0.2) is 47.6 Å². The minimum absolute atomic E-state index is 0.135. The second-order valence-electron chi connectivity index (χ2n) is 5.69. The number of anilines is 2. The van der Waals surface area contributed by atoms with Gasteiger partial charge in [-0.25, -0.2) is 9.19 Å². The van der Waals surface area contributed by atoms with E-state index in [4.69, 9.17) is 5.11 Å². The first-order valence-corrected chi connectivity index (χ1v) is 10.5. The van der Waals surface area contributed by atoms with E-state index >= 15 is 0 Å². The molecule has 0 amide bonds. The van der Waals surface area contributed by atoms with Gasteiger partial charge in [0.25, 0.3) is 0 Å². The number of nitrogens with one attached hydrogen (secondary N) is 3. The van der Waals surface area contributed by atoms with Gasteiger partial charge in [0.15, 0.2) is 5.82 Å². The summed E-state index contributed by atoms with van der Waals surface area (Å²) in [5.41, 5.74) is 5.69. The highest BCUT2D eigenvalue weighted by Gasteiger charge is 2.11. The van der Waals surface area contributed by atoms with Gasteiger partial charge in [-0.2, -0.15) is 0 Å². The molecule has 2 aromatic carbocycles. The van der Waals surface area contributed by atoms with Crippen molar-refractivity contribution in [2.75, 3.05) is 22.2 Å². The Kier molecular flexibility index (Phi) is 6.29. The van der Waals surface area contributed by atoms with Crippen LogP contribution in [0.5, 0.6) is 0 Å². The third-order valence-corrected chi connectivity index (χ3v) is 4.96. The largest absolute Gasteiger partial charge is 0.481 e. The molecule has 0 radical (unpaired) electrons. The maximum atomic E-state index is 11.3. The predicted octanol–water partition coefficient (Wildman–Crippen LogP) is 2.82. The molecular weight excluding hydrogens is 402 g/mol. The molecule has 3 aromatic rings. The molecular formula is C17H17N5O4S2. The minimum atomic E-state index is -1.16. The van der Waals surface area contributed by atoms with Gasteiger partial charge >= 0.3 is 5.97 Å². The van der Waals surface area contributed by atoms with Crippen LogP contribution in [-0.2, 0) is 15.8 Å². The van der Waals surface area contributed by atoms with Crippen molar-refractivity contribution >= 4 is 40.1 Å². The first-order valence-electron chi connectivity index (χ1n) is 7.97. The number of carboxylic acids is 1. The van der Waals surface area contributed by atoms with Gasteiger partial charge in [0, 0.05) is 17.5 Å². The molecule has 1 unspecified atom stereocenters. The van der Waals surface area contributed by atoms with Gasteiger partial charge in [0.05, 0.1) is 11.4 Å². The van der Waals surface area contributed by atoms with Crippen LogP contribution in [0.4, 0.5) is 11.4 Å². The summed E-state index contributed by atoms with van der Waals surface area (Å²) in [7, 11) is -1.16. The van der Waals surface area contributed by atoms with Gasteiger partial charge in [0.1, 0.15) is 11.0 Å². The first kappa shape index (κ1) is 19.9. The summed E-state index contributed by atoms with van der Waals surface area (Å²) in [6, 6.07) is 12.7. The smallest absolute Gasteiger partial charge is 0.313 e. The van der Waals surface area contributed by atoms with E-state index in [1.807, 2.05) is 30.3 Å². The molecule has 146 valence electrons. The molecule has 1 atom stereocenters. The topological polar surface area (TPSA) is 140 Å². The number of carbonyl (C=O) groups is 1. The molecule has 1 aromatic heterocycles. The number of carboxylic acid groups (broad SMARTS) is 1. The van der Waals surface area contributed by atoms with Crippen molar-refractivity contribution in [2.45, 2.75) is 5.16 Å². The Morgan fingerprint density at radius 1 is 1.14 bits per heavy atom. The normalized spacial score (nSPS) is 11.8. The van der Waals surface area contributed by atoms with E-state index in [0.29, 0.717) is 22.2 Å². The Bertz CT molecular complexity index is 1010. The Morgan fingerprint density at radius 3 is 2.50 bits per heavy atom. The van der Waals surface area contributed by atoms with Crippen LogP contribution < -0.4 is 10.2 Å². The highest BCUT2D eigenvalue weighted by molar-refractivity contribution is 7.99. The fraction of sp³-hybridized carbons (Fsp3) is 0.118. The standard InChI is InChI=1S/C17H17N5O4S2/c1-28(26)22-13-4-2-10(3-5-13)11-6-12(8-14(7-11)21-25)16-18-17(20-19-16)27-9-15(23)24/h2-8,21-22,25H,9H2,1H3,(H,23,24)(H,18,19,20). The number of nitrogens with zero attached hydrogens (tertiary/aromatic N) is 2. The fourth-order valence-corrected chi connectivity index (χ4v) is 3.45. The number of hydrogen-bond donors (Lipinski definition) is 5. The van der Waals surface area contributed by atoms with Gasteiger partial charge in [-0.05, 0) is 41.5 Å². The number of aromatic amines is 1. The van der Waals surface area contributed by atoms with Gasteiger partial charge in [-0.1, -0.05) is 23.9 Å². The van der Waals surface area contributed by atoms with E-state index in [9.17, 15) is 14.2 Å². The predicted molar refractivity (Wildman–Crippen MR) is 109 cm³/mol. The number of aromatic nitrogens is 3. The zero-order chi connectivity index (χ0) is 20.1. The first-order chi connectivity index (χ1) is 13.4. The molecule has 0 saturated heterocycles. The van der Waals surface area contributed by atoms with Crippen LogP contribution in [-0.4, -0.2) is 47.7 Å². The van der Waals surface area contributed by atoms with Crippen LogP contribution in [0.25, 0.3) is 22.5 Å². The molecule has 0 fully saturated rings. The molecule has 0 aliphatic carbocycles. The molecule has 0 spiro atoms. The van der Waals surface area contributed by atoms with Crippen molar-refractivity contribution < 1.29 is 19.3 Å². The average molecular weight is 419 g/mol. The van der Waals surface area contributed by atoms with Crippen molar-refractivity contribution in [3.05, 3.63) is 42.5 Å². The highest BCUT2D eigenvalue weighted by Crippen LogP contribution is 2.30. The molecule has 0 bridgehead atoms. The zero-order valence-corrected chi connectivity index (χ0v) is 16.3. The van der Waals surface area contributed by atoms with Crippen LogP contribution in [0.3, 0.4) is 0 Å². The molecule has 28 heavy (non-hydrogen) atoms. The van der Waals surface area contributed by atoms with Gasteiger partial charge in [0.2, 0.25) is 5.16 Å². The summed E-state index contributed by atoms with van der Waals surface area (Å²) in [6.07, 6.45) is 1.55. The van der Waals surface area contributed by atoms with Gasteiger partial charge in [-0.15, -0.1) is 5.10 Å².